The van der Waals surface area contributed by atoms with Crippen LogP contribution in [-0.2, 0) is 9.53 Å². The monoisotopic (exact) mass is 276 g/mol. The highest BCUT2D eigenvalue weighted by Gasteiger charge is 2.32. The summed E-state index contributed by atoms with van der Waals surface area (Å²) in [6.07, 6.45) is 3.33. The van der Waals surface area contributed by atoms with Gasteiger partial charge in [-0.3, -0.25) is 9.78 Å². The van der Waals surface area contributed by atoms with Gasteiger partial charge in [0.25, 0.3) is 0 Å². The molecule has 1 amide bonds. The van der Waals surface area contributed by atoms with Gasteiger partial charge in [0.05, 0.1) is 5.92 Å². The zero-order chi connectivity index (χ0) is 14.8. The molecule has 1 unspecified atom stereocenters. The Morgan fingerprint density at radius 3 is 2.60 bits per heavy atom. The molecule has 1 aliphatic heterocycles. The van der Waals surface area contributed by atoms with Crippen molar-refractivity contribution in [3.05, 3.63) is 30.1 Å². The standard InChI is InChI=1S/C15H20N2O3/c1-15(2,3)20-14(19)17-9-6-13(18)12(10-17)11-4-7-16-8-5-11/h4-5,7-8,12H,6,9-10H2,1-3H3. The van der Waals surface area contributed by atoms with Crippen molar-refractivity contribution < 1.29 is 14.3 Å². The van der Waals surface area contributed by atoms with Crippen LogP contribution in [0, 0.1) is 0 Å². The molecule has 5 nitrogen and oxygen atoms in total. The van der Waals surface area contributed by atoms with Crippen molar-refractivity contribution in [1.29, 1.82) is 0 Å². The Balaban J connectivity index is 2.09. The fourth-order valence-electron chi connectivity index (χ4n) is 2.21. The summed E-state index contributed by atoms with van der Waals surface area (Å²) in [5, 5.41) is 0. The Labute approximate surface area is 118 Å². The minimum atomic E-state index is -0.523. The van der Waals surface area contributed by atoms with Gasteiger partial charge in [-0.05, 0) is 38.5 Å². The Bertz CT molecular complexity index is 494. The fraction of sp³-hybridized carbons (Fsp3) is 0.533. The van der Waals surface area contributed by atoms with Crippen molar-refractivity contribution in [3.63, 3.8) is 0 Å². The molecule has 0 N–H and O–H groups in total. The number of hydrogen-bond acceptors (Lipinski definition) is 4. The first kappa shape index (κ1) is 14.5. The van der Waals surface area contributed by atoms with Crippen LogP contribution in [0.5, 0.6) is 0 Å². The molecular formula is C15H20N2O3. The number of carbonyl (C=O) groups excluding carboxylic acids is 2. The second-order valence-corrected chi connectivity index (χ2v) is 5.98. The van der Waals surface area contributed by atoms with Crippen molar-refractivity contribution >= 4 is 11.9 Å². The quantitative estimate of drug-likeness (QED) is 0.790. The van der Waals surface area contributed by atoms with Crippen LogP contribution in [-0.4, -0.2) is 40.5 Å². The van der Waals surface area contributed by atoms with Crippen molar-refractivity contribution in [3.8, 4) is 0 Å². The minimum absolute atomic E-state index is 0.163. The number of rotatable bonds is 1. The molecular weight excluding hydrogens is 256 g/mol. The molecule has 0 spiro atoms. The predicted octanol–water partition coefficient (Wildman–Crippen LogP) is 2.38. The maximum absolute atomic E-state index is 12.1. The Kier molecular flexibility index (Phi) is 4.06. The molecule has 0 aliphatic carbocycles. The summed E-state index contributed by atoms with van der Waals surface area (Å²) in [5.41, 5.74) is 0.378. The molecule has 5 heteroatoms. The zero-order valence-electron chi connectivity index (χ0n) is 12.1. The fourth-order valence-corrected chi connectivity index (χ4v) is 2.21. The second-order valence-electron chi connectivity index (χ2n) is 5.98. The molecule has 2 rings (SSSR count). The van der Waals surface area contributed by atoms with Crippen LogP contribution >= 0.6 is 0 Å². The van der Waals surface area contributed by atoms with E-state index in [4.69, 9.17) is 4.74 Å². The molecule has 1 fully saturated rings. The Morgan fingerprint density at radius 2 is 2.00 bits per heavy atom. The van der Waals surface area contributed by atoms with E-state index in [2.05, 4.69) is 4.98 Å². The van der Waals surface area contributed by atoms with Gasteiger partial charge in [0, 0.05) is 31.9 Å². The molecule has 1 aliphatic rings. The molecule has 2 heterocycles. The van der Waals surface area contributed by atoms with Gasteiger partial charge in [0.2, 0.25) is 0 Å². The van der Waals surface area contributed by atoms with Gasteiger partial charge in [-0.25, -0.2) is 4.79 Å². The maximum Gasteiger partial charge on any atom is 0.410 e. The molecule has 20 heavy (non-hydrogen) atoms. The van der Waals surface area contributed by atoms with Crippen LogP contribution in [0.1, 0.15) is 38.7 Å². The average molecular weight is 276 g/mol. The zero-order valence-corrected chi connectivity index (χ0v) is 12.1. The van der Waals surface area contributed by atoms with Crippen molar-refractivity contribution in [2.45, 2.75) is 38.7 Å². The number of ketones is 1. The summed E-state index contributed by atoms with van der Waals surface area (Å²) in [7, 11) is 0. The summed E-state index contributed by atoms with van der Waals surface area (Å²) in [6, 6.07) is 3.64. The van der Waals surface area contributed by atoms with Crippen LogP contribution in [0.25, 0.3) is 0 Å². The van der Waals surface area contributed by atoms with E-state index < -0.39 is 5.60 Å². The summed E-state index contributed by atoms with van der Waals surface area (Å²) < 4.78 is 5.36. The number of nitrogens with zero attached hydrogens (tertiary/aromatic N) is 2. The van der Waals surface area contributed by atoms with Gasteiger partial charge in [-0.2, -0.15) is 0 Å². The third-order valence-electron chi connectivity index (χ3n) is 3.18. The normalized spacial score (nSPS) is 19.9. The third kappa shape index (κ3) is 3.56. The second kappa shape index (κ2) is 5.61. The molecule has 1 aromatic rings. The lowest BCUT2D eigenvalue weighted by atomic mass is 9.90. The van der Waals surface area contributed by atoms with Crippen LogP contribution in [0.15, 0.2) is 24.5 Å². The van der Waals surface area contributed by atoms with E-state index in [9.17, 15) is 9.59 Å². The van der Waals surface area contributed by atoms with E-state index >= 15 is 0 Å². The minimum Gasteiger partial charge on any atom is -0.444 e. The number of likely N-dealkylation sites (tertiary alicyclic amines) is 1. The summed E-state index contributed by atoms with van der Waals surface area (Å²) in [6.45, 7) is 6.30. The number of piperidine rings is 1. The van der Waals surface area contributed by atoms with Gasteiger partial charge >= 0.3 is 6.09 Å². The smallest absolute Gasteiger partial charge is 0.410 e. The van der Waals surface area contributed by atoms with Crippen LogP contribution in [0.3, 0.4) is 0 Å². The molecule has 0 radical (unpaired) electrons. The lowest BCUT2D eigenvalue weighted by molar-refractivity contribution is -0.123. The molecule has 0 aromatic carbocycles. The number of Topliss-reactive ketones (excluding diaryl/α,β-unsaturated/α-hetero) is 1. The van der Waals surface area contributed by atoms with Gasteiger partial charge < -0.3 is 9.64 Å². The number of hydrogen-bond donors (Lipinski definition) is 0. The average Bonchev–Trinajstić information content (AvgIpc) is 2.38. The summed E-state index contributed by atoms with van der Waals surface area (Å²) in [5.74, 6) is -0.115. The van der Waals surface area contributed by atoms with Crippen LogP contribution in [0.2, 0.25) is 0 Å². The Hall–Kier alpha value is -1.91. The number of aromatic nitrogens is 1. The first-order chi connectivity index (χ1) is 9.37. The highest BCUT2D eigenvalue weighted by molar-refractivity contribution is 5.88. The molecule has 1 atom stereocenters. The van der Waals surface area contributed by atoms with E-state index in [0.717, 1.165) is 5.56 Å². The number of ether oxygens (including phenoxy) is 1. The van der Waals surface area contributed by atoms with E-state index in [-0.39, 0.29) is 17.8 Å². The van der Waals surface area contributed by atoms with E-state index in [0.29, 0.717) is 19.5 Å². The van der Waals surface area contributed by atoms with Crippen LogP contribution in [0.4, 0.5) is 4.79 Å². The number of amides is 1. The third-order valence-corrected chi connectivity index (χ3v) is 3.18. The van der Waals surface area contributed by atoms with Gasteiger partial charge in [0.15, 0.2) is 0 Å². The van der Waals surface area contributed by atoms with E-state index in [1.807, 2.05) is 32.9 Å². The largest absolute Gasteiger partial charge is 0.444 e. The summed E-state index contributed by atoms with van der Waals surface area (Å²) >= 11 is 0. The van der Waals surface area contributed by atoms with Gasteiger partial charge in [-0.15, -0.1) is 0 Å². The van der Waals surface area contributed by atoms with Gasteiger partial charge in [-0.1, -0.05) is 0 Å². The molecule has 0 saturated carbocycles. The molecule has 1 saturated heterocycles. The molecule has 1 aromatic heterocycles. The molecule has 108 valence electrons. The van der Waals surface area contributed by atoms with Gasteiger partial charge in [0.1, 0.15) is 11.4 Å². The lowest BCUT2D eigenvalue weighted by Gasteiger charge is -2.33. The van der Waals surface area contributed by atoms with E-state index in [1.54, 1.807) is 17.3 Å². The predicted molar refractivity (Wildman–Crippen MR) is 74.4 cm³/mol. The SMILES string of the molecule is CC(C)(C)OC(=O)N1CCC(=O)C(c2ccncc2)C1. The van der Waals surface area contributed by atoms with Crippen molar-refractivity contribution in [2.75, 3.05) is 13.1 Å². The van der Waals surface area contributed by atoms with Crippen molar-refractivity contribution in [2.24, 2.45) is 0 Å². The van der Waals surface area contributed by atoms with Crippen molar-refractivity contribution in [1.82, 2.24) is 9.88 Å². The lowest BCUT2D eigenvalue weighted by Crippen LogP contribution is -2.45. The highest BCUT2D eigenvalue weighted by Crippen LogP contribution is 2.24. The topological polar surface area (TPSA) is 59.5 Å². The first-order valence-electron chi connectivity index (χ1n) is 6.77. The van der Waals surface area contributed by atoms with Crippen LogP contribution < -0.4 is 0 Å². The maximum atomic E-state index is 12.1. The molecule has 0 bridgehead atoms. The Morgan fingerprint density at radius 1 is 1.35 bits per heavy atom. The summed E-state index contributed by atoms with van der Waals surface area (Å²) in [4.78, 5) is 29.7. The number of pyridine rings is 1. The number of carbonyl (C=O) groups is 2. The first-order valence-corrected chi connectivity index (χ1v) is 6.77. The highest BCUT2D eigenvalue weighted by atomic mass is 16.6. The van der Waals surface area contributed by atoms with E-state index in [1.165, 1.54) is 0 Å².